The molecule has 2 aromatic carbocycles. The topological polar surface area (TPSA) is 29.1 Å². The van der Waals surface area contributed by atoms with Gasteiger partial charge in [0, 0.05) is 4.47 Å². The van der Waals surface area contributed by atoms with Crippen LogP contribution in [-0.4, -0.2) is 5.91 Å². The molecule has 6 heteroatoms. The second kappa shape index (κ2) is 5.67. The van der Waals surface area contributed by atoms with Crippen molar-refractivity contribution in [3.63, 3.8) is 0 Å². The SMILES string of the molecule is O=C(Nc1c(F)cccc1Cl)c1c(F)cccc1Br. The second-order valence-corrected chi connectivity index (χ2v) is 4.91. The predicted octanol–water partition coefficient (Wildman–Crippen LogP) is 4.63. The van der Waals surface area contributed by atoms with Crippen molar-refractivity contribution < 1.29 is 13.6 Å². The number of amides is 1. The molecular weight excluding hydrogens is 340 g/mol. The second-order valence-electron chi connectivity index (χ2n) is 3.65. The van der Waals surface area contributed by atoms with Crippen molar-refractivity contribution in [1.82, 2.24) is 0 Å². The molecule has 0 bridgehead atoms. The van der Waals surface area contributed by atoms with Gasteiger partial charge in [0.1, 0.15) is 11.6 Å². The number of rotatable bonds is 2. The molecule has 0 fully saturated rings. The summed E-state index contributed by atoms with van der Waals surface area (Å²) < 4.78 is 27.4. The number of carbonyl (C=O) groups excluding carboxylic acids is 1. The van der Waals surface area contributed by atoms with Gasteiger partial charge in [0.2, 0.25) is 0 Å². The van der Waals surface area contributed by atoms with Crippen LogP contribution in [0.15, 0.2) is 40.9 Å². The van der Waals surface area contributed by atoms with Gasteiger partial charge in [0.05, 0.1) is 16.3 Å². The van der Waals surface area contributed by atoms with Gasteiger partial charge in [-0.05, 0) is 40.2 Å². The lowest BCUT2D eigenvalue weighted by molar-refractivity contribution is 0.102. The standard InChI is InChI=1S/C13H7BrClF2NO/c14-7-3-1-5-9(16)11(7)13(19)18-12-8(15)4-2-6-10(12)17/h1-6H,(H,18,19). The van der Waals surface area contributed by atoms with Gasteiger partial charge in [-0.3, -0.25) is 4.79 Å². The molecule has 0 spiro atoms. The van der Waals surface area contributed by atoms with Crippen LogP contribution in [0.5, 0.6) is 0 Å². The summed E-state index contributed by atoms with van der Waals surface area (Å²) in [7, 11) is 0. The molecule has 2 rings (SSSR count). The van der Waals surface area contributed by atoms with E-state index in [2.05, 4.69) is 21.2 Å². The Labute approximate surface area is 121 Å². The molecule has 1 amide bonds. The van der Waals surface area contributed by atoms with E-state index < -0.39 is 17.5 Å². The van der Waals surface area contributed by atoms with Crippen LogP contribution >= 0.6 is 27.5 Å². The molecule has 0 radical (unpaired) electrons. The summed E-state index contributed by atoms with van der Waals surface area (Å²) in [5.41, 5.74) is -0.383. The molecule has 98 valence electrons. The van der Waals surface area contributed by atoms with E-state index in [0.29, 0.717) is 0 Å². The quantitative estimate of drug-likeness (QED) is 0.844. The van der Waals surface area contributed by atoms with Crippen LogP contribution < -0.4 is 5.32 Å². The third-order valence-corrected chi connectivity index (χ3v) is 3.37. The molecule has 0 aliphatic rings. The minimum Gasteiger partial charge on any atom is -0.318 e. The minimum absolute atomic E-state index is 0.0424. The fourth-order valence-corrected chi connectivity index (χ4v) is 2.24. The zero-order chi connectivity index (χ0) is 14.0. The Morgan fingerprint density at radius 2 is 1.74 bits per heavy atom. The average Bonchev–Trinajstić information content (AvgIpc) is 2.34. The van der Waals surface area contributed by atoms with E-state index in [9.17, 15) is 13.6 Å². The number of para-hydroxylation sites is 1. The van der Waals surface area contributed by atoms with Gasteiger partial charge in [-0.15, -0.1) is 0 Å². The van der Waals surface area contributed by atoms with Crippen molar-refractivity contribution in [3.8, 4) is 0 Å². The van der Waals surface area contributed by atoms with E-state index in [-0.39, 0.29) is 20.7 Å². The highest BCUT2D eigenvalue weighted by molar-refractivity contribution is 9.10. The first-order chi connectivity index (χ1) is 9.00. The van der Waals surface area contributed by atoms with Crippen LogP contribution in [0, 0.1) is 11.6 Å². The minimum atomic E-state index is -0.781. The maximum atomic E-state index is 13.6. The average molecular weight is 347 g/mol. The van der Waals surface area contributed by atoms with Crippen LogP contribution in [0.2, 0.25) is 5.02 Å². The zero-order valence-electron chi connectivity index (χ0n) is 9.38. The van der Waals surface area contributed by atoms with E-state index in [1.54, 1.807) is 0 Å². The van der Waals surface area contributed by atoms with Crippen molar-refractivity contribution in [2.24, 2.45) is 0 Å². The monoisotopic (exact) mass is 345 g/mol. The van der Waals surface area contributed by atoms with Crippen LogP contribution in [0.25, 0.3) is 0 Å². The van der Waals surface area contributed by atoms with Gasteiger partial charge >= 0.3 is 0 Å². The Morgan fingerprint density at radius 1 is 1.11 bits per heavy atom. The van der Waals surface area contributed by atoms with Crippen LogP contribution in [0.1, 0.15) is 10.4 Å². The number of anilines is 1. The van der Waals surface area contributed by atoms with Crippen LogP contribution in [0.4, 0.5) is 14.5 Å². The fourth-order valence-electron chi connectivity index (χ4n) is 1.51. The molecule has 0 saturated carbocycles. The van der Waals surface area contributed by atoms with Crippen molar-refractivity contribution >= 4 is 39.1 Å². The van der Waals surface area contributed by atoms with Crippen molar-refractivity contribution in [2.45, 2.75) is 0 Å². The molecule has 0 aromatic heterocycles. The normalized spacial score (nSPS) is 10.3. The number of halogens is 4. The first kappa shape index (κ1) is 14.0. The Balaban J connectivity index is 2.37. The van der Waals surface area contributed by atoms with E-state index >= 15 is 0 Å². The van der Waals surface area contributed by atoms with Gasteiger partial charge in [-0.1, -0.05) is 23.7 Å². The zero-order valence-corrected chi connectivity index (χ0v) is 11.7. The summed E-state index contributed by atoms with van der Waals surface area (Å²) in [5.74, 6) is -2.18. The molecule has 2 aromatic rings. The van der Waals surface area contributed by atoms with Crippen molar-refractivity contribution in [2.75, 3.05) is 5.32 Å². The lowest BCUT2D eigenvalue weighted by Gasteiger charge is -2.10. The van der Waals surface area contributed by atoms with Gasteiger partial charge in [-0.2, -0.15) is 0 Å². The number of hydrogen-bond acceptors (Lipinski definition) is 1. The van der Waals surface area contributed by atoms with Gasteiger partial charge in [0.15, 0.2) is 0 Å². The number of hydrogen-bond donors (Lipinski definition) is 1. The van der Waals surface area contributed by atoms with Crippen LogP contribution in [0.3, 0.4) is 0 Å². The lowest BCUT2D eigenvalue weighted by Crippen LogP contribution is -2.15. The lowest BCUT2D eigenvalue weighted by atomic mass is 10.2. The highest BCUT2D eigenvalue weighted by Crippen LogP contribution is 2.27. The third-order valence-electron chi connectivity index (χ3n) is 2.39. The molecule has 0 aliphatic heterocycles. The molecule has 1 N–H and O–H groups in total. The maximum absolute atomic E-state index is 13.6. The largest absolute Gasteiger partial charge is 0.318 e. The Bertz CT molecular complexity index is 608. The molecule has 2 nitrogen and oxygen atoms in total. The summed E-state index contributed by atoms with van der Waals surface area (Å²) in [4.78, 5) is 12.0. The Morgan fingerprint density at radius 3 is 2.37 bits per heavy atom. The van der Waals surface area contributed by atoms with E-state index in [4.69, 9.17) is 11.6 Å². The highest BCUT2D eigenvalue weighted by Gasteiger charge is 2.18. The molecule has 0 atom stereocenters. The summed E-state index contributed by atoms with van der Waals surface area (Å²) >= 11 is 8.85. The third kappa shape index (κ3) is 2.93. The molecular formula is C13H7BrClF2NO. The number of benzene rings is 2. The fraction of sp³-hybridized carbons (Fsp3) is 0. The molecule has 0 saturated heterocycles. The van der Waals surface area contributed by atoms with Crippen molar-refractivity contribution in [3.05, 3.63) is 63.1 Å². The first-order valence-corrected chi connectivity index (χ1v) is 6.37. The smallest absolute Gasteiger partial charge is 0.259 e. The van der Waals surface area contributed by atoms with Gasteiger partial charge in [-0.25, -0.2) is 8.78 Å². The number of carbonyl (C=O) groups is 1. The van der Waals surface area contributed by atoms with Gasteiger partial charge < -0.3 is 5.32 Å². The molecule has 0 heterocycles. The maximum Gasteiger partial charge on any atom is 0.259 e. The Kier molecular flexibility index (Phi) is 4.17. The molecule has 0 unspecified atom stereocenters. The van der Waals surface area contributed by atoms with Crippen LogP contribution in [-0.2, 0) is 0 Å². The summed E-state index contributed by atoms with van der Waals surface area (Å²) in [5, 5.41) is 2.30. The van der Waals surface area contributed by atoms with Gasteiger partial charge in [0.25, 0.3) is 5.91 Å². The highest BCUT2D eigenvalue weighted by atomic mass is 79.9. The Hall–Kier alpha value is -1.46. The predicted molar refractivity (Wildman–Crippen MR) is 73.5 cm³/mol. The van der Waals surface area contributed by atoms with E-state index in [1.807, 2.05) is 0 Å². The summed E-state index contributed by atoms with van der Waals surface area (Å²) in [6.45, 7) is 0. The molecule has 0 aliphatic carbocycles. The summed E-state index contributed by atoms with van der Waals surface area (Å²) in [6.07, 6.45) is 0. The van der Waals surface area contributed by atoms with E-state index in [1.165, 1.54) is 24.3 Å². The molecule has 19 heavy (non-hydrogen) atoms. The van der Waals surface area contributed by atoms with Crippen molar-refractivity contribution in [1.29, 1.82) is 0 Å². The van der Waals surface area contributed by atoms with E-state index in [0.717, 1.165) is 12.1 Å². The number of nitrogens with one attached hydrogen (secondary N) is 1. The first-order valence-electron chi connectivity index (χ1n) is 5.20. The summed E-state index contributed by atoms with van der Waals surface area (Å²) in [6, 6.07) is 8.09.